The summed E-state index contributed by atoms with van der Waals surface area (Å²) in [6.07, 6.45) is 0.741. The standard InChI is InChI=1S/C12H19N5O3S/c13-10(7-4-8-16-12(14)15)11(18)17-21(19,20)9-5-2-1-3-6-9/h1-3,5-6,10H,4,7-8,13H2,(H,17,18)(H4,14,15,16)/t10-/m0/s1. The monoisotopic (exact) mass is 313 g/mol. The molecule has 8 nitrogen and oxygen atoms in total. The first-order chi connectivity index (χ1) is 9.83. The molecule has 1 atom stereocenters. The Morgan fingerprint density at radius 2 is 1.86 bits per heavy atom. The predicted molar refractivity (Wildman–Crippen MR) is 79.7 cm³/mol. The van der Waals surface area contributed by atoms with E-state index in [9.17, 15) is 13.2 Å². The third-order valence-electron chi connectivity index (χ3n) is 2.59. The van der Waals surface area contributed by atoms with E-state index in [0.717, 1.165) is 0 Å². The second-order valence-electron chi connectivity index (χ2n) is 4.34. The number of nitrogens with one attached hydrogen (secondary N) is 1. The SMILES string of the molecule is NC(N)=NCCC[C@H](N)C(=O)NS(=O)(=O)c1ccccc1. The predicted octanol–water partition coefficient (Wildman–Crippen LogP) is -1.13. The molecule has 0 heterocycles. The molecule has 1 aromatic carbocycles. The minimum absolute atomic E-state index is 0.00561. The van der Waals surface area contributed by atoms with Crippen molar-refractivity contribution in [1.29, 1.82) is 0 Å². The molecule has 0 radical (unpaired) electrons. The highest BCUT2D eigenvalue weighted by molar-refractivity contribution is 7.90. The van der Waals surface area contributed by atoms with Gasteiger partial charge in [-0.3, -0.25) is 9.79 Å². The van der Waals surface area contributed by atoms with Crippen LogP contribution < -0.4 is 21.9 Å². The van der Waals surface area contributed by atoms with Gasteiger partial charge in [-0.1, -0.05) is 18.2 Å². The normalized spacial score (nSPS) is 12.4. The summed E-state index contributed by atoms with van der Waals surface area (Å²) >= 11 is 0. The van der Waals surface area contributed by atoms with Gasteiger partial charge in [-0.05, 0) is 25.0 Å². The van der Waals surface area contributed by atoms with E-state index < -0.39 is 22.0 Å². The Morgan fingerprint density at radius 1 is 1.24 bits per heavy atom. The molecule has 0 saturated carbocycles. The van der Waals surface area contributed by atoms with Gasteiger partial charge < -0.3 is 17.2 Å². The van der Waals surface area contributed by atoms with Crippen molar-refractivity contribution in [3.05, 3.63) is 30.3 Å². The lowest BCUT2D eigenvalue weighted by Gasteiger charge is -2.12. The van der Waals surface area contributed by atoms with Gasteiger partial charge in [0, 0.05) is 6.54 Å². The Labute approximate surface area is 123 Å². The van der Waals surface area contributed by atoms with E-state index in [1.54, 1.807) is 18.2 Å². The number of carbonyl (C=O) groups is 1. The summed E-state index contributed by atoms with van der Waals surface area (Å²) < 4.78 is 25.8. The molecule has 1 amide bonds. The van der Waals surface area contributed by atoms with E-state index in [1.807, 2.05) is 4.72 Å². The summed E-state index contributed by atoms with van der Waals surface area (Å²) in [4.78, 5) is 15.5. The van der Waals surface area contributed by atoms with Gasteiger partial charge in [0.1, 0.15) is 0 Å². The first-order valence-corrected chi connectivity index (χ1v) is 7.74. The molecule has 0 aliphatic rings. The number of carbonyl (C=O) groups excluding carboxylic acids is 1. The molecule has 1 aromatic rings. The molecule has 9 heteroatoms. The molecule has 0 spiro atoms. The van der Waals surface area contributed by atoms with Gasteiger partial charge in [0.2, 0.25) is 0 Å². The molecule has 0 aliphatic heterocycles. The number of guanidine groups is 1. The number of amides is 1. The molecule has 0 aromatic heterocycles. The fourth-order valence-corrected chi connectivity index (χ4v) is 2.57. The number of nitrogens with zero attached hydrogens (tertiary/aromatic N) is 1. The maximum atomic E-state index is 11.9. The van der Waals surface area contributed by atoms with Crippen molar-refractivity contribution in [3.63, 3.8) is 0 Å². The summed E-state index contributed by atoms with van der Waals surface area (Å²) in [5.41, 5.74) is 15.9. The fraction of sp³-hybridized carbons (Fsp3) is 0.333. The summed E-state index contributed by atoms with van der Waals surface area (Å²) in [5, 5.41) is 0. The Hall–Kier alpha value is -2.13. The van der Waals surface area contributed by atoms with E-state index in [-0.39, 0.29) is 17.3 Å². The van der Waals surface area contributed by atoms with Crippen LogP contribution in [0.15, 0.2) is 40.2 Å². The largest absolute Gasteiger partial charge is 0.370 e. The number of hydrogen-bond donors (Lipinski definition) is 4. The van der Waals surface area contributed by atoms with Gasteiger partial charge in [-0.25, -0.2) is 13.1 Å². The van der Waals surface area contributed by atoms with Crippen LogP contribution in [0.4, 0.5) is 0 Å². The topological polar surface area (TPSA) is 154 Å². The van der Waals surface area contributed by atoms with Gasteiger partial charge in [0.05, 0.1) is 10.9 Å². The number of benzene rings is 1. The first-order valence-electron chi connectivity index (χ1n) is 6.25. The Morgan fingerprint density at radius 3 is 2.43 bits per heavy atom. The van der Waals surface area contributed by atoms with Crippen LogP contribution in [-0.4, -0.2) is 32.9 Å². The summed E-state index contributed by atoms with van der Waals surface area (Å²) in [6.45, 7) is 0.328. The summed E-state index contributed by atoms with van der Waals surface area (Å²) in [6, 6.07) is 6.64. The van der Waals surface area contributed by atoms with Crippen molar-refractivity contribution in [1.82, 2.24) is 4.72 Å². The van der Waals surface area contributed by atoms with Gasteiger partial charge in [-0.2, -0.15) is 0 Å². The van der Waals surface area contributed by atoms with Crippen molar-refractivity contribution in [2.75, 3.05) is 6.54 Å². The first kappa shape index (κ1) is 16.9. The second kappa shape index (κ2) is 7.60. The highest BCUT2D eigenvalue weighted by Crippen LogP contribution is 2.07. The lowest BCUT2D eigenvalue weighted by molar-refractivity contribution is -0.120. The Balaban J connectivity index is 2.54. The lowest BCUT2D eigenvalue weighted by atomic mass is 10.1. The third kappa shape index (κ3) is 5.79. The number of aliphatic imine (C=N–C) groups is 1. The van der Waals surface area contributed by atoms with E-state index in [0.29, 0.717) is 13.0 Å². The third-order valence-corrected chi connectivity index (χ3v) is 3.96. The molecule has 1 rings (SSSR count). The van der Waals surface area contributed by atoms with Gasteiger partial charge in [0.25, 0.3) is 15.9 Å². The zero-order chi connectivity index (χ0) is 15.9. The molecular formula is C12H19N5O3S. The molecule has 0 unspecified atom stereocenters. The zero-order valence-electron chi connectivity index (χ0n) is 11.4. The van der Waals surface area contributed by atoms with Crippen LogP contribution in [0, 0.1) is 0 Å². The second-order valence-corrected chi connectivity index (χ2v) is 6.02. The molecule has 0 aliphatic carbocycles. The molecule has 7 N–H and O–H groups in total. The van der Waals surface area contributed by atoms with Crippen molar-refractivity contribution < 1.29 is 13.2 Å². The van der Waals surface area contributed by atoms with Gasteiger partial charge >= 0.3 is 0 Å². The quantitative estimate of drug-likeness (QED) is 0.284. The van der Waals surface area contributed by atoms with Crippen LogP contribution in [0.3, 0.4) is 0 Å². The number of rotatable bonds is 7. The highest BCUT2D eigenvalue weighted by Gasteiger charge is 2.21. The van der Waals surface area contributed by atoms with Gasteiger partial charge in [-0.15, -0.1) is 0 Å². The van der Waals surface area contributed by atoms with Crippen LogP contribution in [0.1, 0.15) is 12.8 Å². The molecule has 116 valence electrons. The lowest BCUT2D eigenvalue weighted by Crippen LogP contribution is -2.43. The number of hydrogen-bond acceptors (Lipinski definition) is 5. The molecule has 0 fully saturated rings. The smallest absolute Gasteiger partial charge is 0.264 e. The zero-order valence-corrected chi connectivity index (χ0v) is 12.2. The van der Waals surface area contributed by atoms with Crippen LogP contribution in [0.2, 0.25) is 0 Å². The fourth-order valence-electron chi connectivity index (χ4n) is 1.52. The summed E-state index contributed by atoms with van der Waals surface area (Å²) in [7, 11) is -3.90. The van der Waals surface area contributed by atoms with Crippen LogP contribution in [-0.2, 0) is 14.8 Å². The van der Waals surface area contributed by atoms with E-state index in [4.69, 9.17) is 17.2 Å². The highest BCUT2D eigenvalue weighted by atomic mass is 32.2. The Kier molecular flexibility index (Phi) is 6.12. The van der Waals surface area contributed by atoms with Crippen LogP contribution in [0.5, 0.6) is 0 Å². The molecule has 21 heavy (non-hydrogen) atoms. The maximum absolute atomic E-state index is 11.9. The average molecular weight is 313 g/mol. The van der Waals surface area contributed by atoms with Gasteiger partial charge in [0.15, 0.2) is 5.96 Å². The van der Waals surface area contributed by atoms with Crippen molar-refractivity contribution in [2.45, 2.75) is 23.8 Å². The molecule has 0 bridgehead atoms. The molecular weight excluding hydrogens is 294 g/mol. The van der Waals surface area contributed by atoms with Crippen molar-refractivity contribution in [2.24, 2.45) is 22.2 Å². The van der Waals surface area contributed by atoms with Crippen LogP contribution in [0.25, 0.3) is 0 Å². The number of sulfonamides is 1. The average Bonchev–Trinajstić information content (AvgIpc) is 2.43. The summed E-state index contributed by atoms with van der Waals surface area (Å²) in [5.74, 6) is -0.803. The van der Waals surface area contributed by atoms with Crippen LogP contribution >= 0.6 is 0 Å². The van der Waals surface area contributed by atoms with E-state index in [2.05, 4.69) is 4.99 Å². The minimum Gasteiger partial charge on any atom is -0.370 e. The van der Waals surface area contributed by atoms with E-state index in [1.165, 1.54) is 12.1 Å². The van der Waals surface area contributed by atoms with Crippen molar-refractivity contribution >= 4 is 21.9 Å². The number of nitrogens with two attached hydrogens (primary N) is 3. The maximum Gasteiger partial charge on any atom is 0.264 e. The molecule has 0 saturated heterocycles. The minimum atomic E-state index is -3.90. The van der Waals surface area contributed by atoms with E-state index >= 15 is 0 Å². The van der Waals surface area contributed by atoms with Crippen molar-refractivity contribution in [3.8, 4) is 0 Å². The Bertz CT molecular complexity index is 597.